The van der Waals surface area contributed by atoms with Crippen LogP contribution in [0.5, 0.6) is 5.75 Å². The highest BCUT2D eigenvalue weighted by atomic mass is 16.5. The average Bonchev–Trinajstić information content (AvgIpc) is 2.81. The molecular weight excluding hydrogens is 228 g/mol. The fraction of sp³-hybridized carbons (Fsp3) is 0.0769. The van der Waals surface area contributed by atoms with E-state index in [2.05, 4.69) is 10.1 Å². The highest BCUT2D eigenvalue weighted by Gasteiger charge is 2.06. The van der Waals surface area contributed by atoms with Crippen molar-refractivity contribution in [1.29, 1.82) is 0 Å². The molecule has 0 radical (unpaired) electrons. The number of aromatic nitrogens is 3. The Bertz CT molecular complexity index is 705. The van der Waals surface area contributed by atoms with Gasteiger partial charge in [0.15, 0.2) is 5.65 Å². The van der Waals surface area contributed by atoms with Crippen LogP contribution in [0.1, 0.15) is 0 Å². The quantitative estimate of drug-likeness (QED) is 0.744. The van der Waals surface area contributed by atoms with E-state index in [0.29, 0.717) is 5.69 Å². The Kier molecular flexibility index (Phi) is 2.37. The van der Waals surface area contributed by atoms with Gasteiger partial charge in [-0.1, -0.05) is 12.1 Å². The molecule has 1 aromatic carbocycles. The number of ether oxygens (including phenoxy) is 1. The van der Waals surface area contributed by atoms with Crippen LogP contribution < -0.4 is 10.5 Å². The van der Waals surface area contributed by atoms with Crippen LogP contribution >= 0.6 is 0 Å². The number of nitrogens with two attached hydrogens (primary N) is 1. The van der Waals surface area contributed by atoms with Crippen molar-refractivity contribution < 1.29 is 4.74 Å². The van der Waals surface area contributed by atoms with Gasteiger partial charge >= 0.3 is 0 Å². The molecule has 18 heavy (non-hydrogen) atoms. The lowest BCUT2D eigenvalue weighted by molar-refractivity contribution is 0.415. The number of hydrogen-bond donors (Lipinski definition) is 1. The van der Waals surface area contributed by atoms with E-state index in [-0.39, 0.29) is 0 Å². The third kappa shape index (κ3) is 1.75. The van der Waals surface area contributed by atoms with Gasteiger partial charge in [0, 0.05) is 11.6 Å². The van der Waals surface area contributed by atoms with Crippen molar-refractivity contribution in [2.24, 2.45) is 0 Å². The van der Waals surface area contributed by atoms with Crippen molar-refractivity contribution in [1.82, 2.24) is 14.6 Å². The summed E-state index contributed by atoms with van der Waals surface area (Å²) in [6, 6.07) is 9.66. The first-order valence-corrected chi connectivity index (χ1v) is 5.51. The Morgan fingerprint density at radius 3 is 3.00 bits per heavy atom. The molecule has 3 aromatic rings. The number of nitrogen functional groups attached to an aromatic ring is 1. The molecular formula is C13H12N4O. The third-order valence-electron chi connectivity index (χ3n) is 2.70. The first-order valence-electron chi connectivity index (χ1n) is 5.51. The standard InChI is InChI=1S/C13H12N4O/c1-18-11-4-2-3-9(5-11)12-6-13-15-7-10(14)8-17(13)16-12/h2-8H,14H2,1H3. The zero-order chi connectivity index (χ0) is 12.5. The normalized spacial score (nSPS) is 10.7. The van der Waals surface area contributed by atoms with Crippen LogP contribution in [0.4, 0.5) is 5.69 Å². The summed E-state index contributed by atoms with van der Waals surface area (Å²) in [5.41, 5.74) is 8.85. The molecule has 0 saturated heterocycles. The number of methoxy groups -OCH3 is 1. The van der Waals surface area contributed by atoms with Gasteiger partial charge in [-0.3, -0.25) is 0 Å². The van der Waals surface area contributed by atoms with Gasteiger partial charge in [-0.25, -0.2) is 9.50 Å². The van der Waals surface area contributed by atoms with E-state index in [1.54, 1.807) is 24.0 Å². The van der Waals surface area contributed by atoms with Crippen molar-refractivity contribution >= 4 is 11.3 Å². The minimum Gasteiger partial charge on any atom is -0.497 e. The zero-order valence-electron chi connectivity index (χ0n) is 9.87. The van der Waals surface area contributed by atoms with Gasteiger partial charge in [-0.15, -0.1) is 0 Å². The Balaban J connectivity index is 2.13. The number of hydrogen-bond acceptors (Lipinski definition) is 4. The monoisotopic (exact) mass is 240 g/mol. The lowest BCUT2D eigenvalue weighted by Gasteiger charge is -2.00. The fourth-order valence-corrected chi connectivity index (χ4v) is 1.81. The van der Waals surface area contributed by atoms with Gasteiger partial charge in [0.1, 0.15) is 5.75 Å². The minimum absolute atomic E-state index is 0.586. The van der Waals surface area contributed by atoms with Crippen LogP contribution in [-0.2, 0) is 0 Å². The van der Waals surface area contributed by atoms with Gasteiger partial charge in [0.25, 0.3) is 0 Å². The number of anilines is 1. The van der Waals surface area contributed by atoms with Crippen molar-refractivity contribution in [3.05, 3.63) is 42.7 Å². The molecule has 2 heterocycles. The molecule has 0 aliphatic heterocycles. The molecule has 0 unspecified atom stereocenters. The Labute approximate surface area is 104 Å². The molecule has 0 bridgehead atoms. The summed E-state index contributed by atoms with van der Waals surface area (Å²) in [5, 5.41) is 4.44. The van der Waals surface area contributed by atoms with Crippen LogP contribution in [0.15, 0.2) is 42.7 Å². The topological polar surface area (TPSA) is 65.4 Å². The van der Waals surface area contributed by atoms with Crippen LogP contribution in [0.3, 0.4) is 0 Å². The van der Waals surface area contributed by atoms with Gasteiger partial charge in [-0.2, -0.15) is 5.10 Å². The first-order chi connectivity index (χ1) is 8.76. The van der Waals surface area contributed by atoms with E-state index >= 15 is 0 Å². The maximum absolute atomic E-state index is 5.67. The molecule has 2 N–H and O–H groups in total. The number of nitrogens with zero attached hydrogens (tertiary/aromatic N) is 3. The van der Waals surface area contributed by atoms with E-state index in [0.717, 1.165) is 22.7 Å². The van der Waals surface area contributed by atoms with Gasteiger partial charge < -0.3 is 10.5 Å². The number of benzene rings is 1. The molecule has 5 nitrogen and oxygen atoms in total. The van der Waals surface area contributed by atoms with E-state index in [9.17, 15) is 0 Å². The predicted octanol–water partition coefficient (Wildman–Crippen LogP) is 1.99. The zero-order valence-corrected chi connectivity index (χ0v) is 9.87. The molecule has 0 saturated carbocycles. The molecule has 3 rings (SSSR count). The fourth-order valence-electron chi connectivity index (χ4n) is 1.81. The summed E-state index contributed by atoms with van der Waals surface area (Å²) in [5.74, 6) is 0.803. The SMILES string of the molecule is COc1cccc(-c2cc3ncc(N)cn3n2)c1. The highest BCUT2D eigenvalue weighted by Crippen LogP contribution is 2.23. The van der Waals surface area contributed by atoms with Crippen molar-refractivity contribution in [3.63, 3.8) is 0 Å². The van der Waals surface area contributed by atoms with Crippen molar-refractivity contribution in [2.45, 2.75) is 0 Å². The second kappa shape index (κ2) is 4.03. The second-order valence-corrected chi connectivity index (χ2v) is 3.95. The van der Waals surface area contributed by atoms with Gasteiger partial charge in [-0.05, 0) is 12.1 Å². The van der Waals surface area contributed by atoms with Crippen molar-refractivity contribution in [3.8, 4) is 17.0 Å². The molecule has 90 valence electrons. The summed E-state index contributed by atoms with van der Waals surface area (Å²) in [6.45, 7) is 0. The van der Waals surface area contributed by atoms with E-state index < -0.39 is 0 Å². The molecule has 0 aliphatic rings. The molecule has 0 fully saturated rings. The van der Waals surface area contributed by atoms with Crippen LogP contribution in [-0.4, -0.2) is 21.7 Å². The predicted molar refractivity (Wildman–Crippen MR) is 69.4 cm³/mol. The number of fused-ring (bicyclic) bond motifs is 1. The molecule has 5 heteroatoms. The smallest absolute Gasteiger partial charge is 0.155 e. The van der Waals surface area contributed by atoms with E-state index in [1.807, 2.05) is 30.3 Å². The highest BCUT2D eigenvalue weighted by molar-refractivity contribution is 5.65. The summed E-state index contributed by atoms with van der Waals surface area (Å²) < 4.78 is 6.87. The van der Waals surface area contributed by atoms with Crippen LogP contribution in [0.25, 0.3) is 16.9 Å². The molecule has 2 aromatic heterocycles. The van der Waals surface area contributed by atoms with Gasteiger partial charge in [0.05, 0.1) is 30.9 Å². The van der Waals surface area contributed by atoms with Crippen LogP contribution in [0, 0.1) is 0 Å². The van der Waals surface area contributed by atoms with Crippen LogP contribution in [0.2, 0.25) is 0 Å². The summed E-state index contributed by atoms with van der Waals surface area (Å²) in [7, 11) is 1.64. The first kappa shape index (κ1) is 10.6. The summed E-state index contributed by atoms with van der Waals surface area (Å²) in [4.78, 5) is 4.21. The van der Waals surface area contributed by atoms with E-state index in [4.69, 9.17) is 10.5 Å². The summed E-state index contributed by atoms with van der Waals surface area (Å²) >= 11 is 0. The third-order valence-corrected chi connectivity index (χ3v) is 2.70. The maximum Gasteiger partial charge on any atom is 0.155 e. The molecule has 0 atom stereocenters. The Morgan fingerprint density at radius 1 is 1.28 bits per heavy atom. The largest absolute Gasteiger partial charge is 0.497 e. The van der Waals surface area contributed by atoms with Crippen molar-refractivity contribution in [2.75, 3.05) is 12.8 Å². The summed E-state index contributed by atoms with van der Waals surface area (Å²) in [6.07, 6.45) is 3.36. The van der Waals surface area contributed by atoms with Gasteiger partial charge in [0.2, 0.25) is 0 Å². The maximum atomic E-state index is 5.67. The molecule has 0 aliphatic carbocycles. The lowest BCUT2D eigenvalue weighted by atomic mass is 10.1. The minimum atomic E-state index is 0.586. The molecule has 0 spiro atoms. The molecule has 0 amide bonds. The average molecular weight is 240 g/mol. The second-order valence-electron chi connectivity index (χ2n) is 3.95. The Hall–Kier alpha value is -2.56. The number of rotatable bonds is 2. The Morgan fingerprint density at radius 2 is 2.17 bits per heavy atom. The lowest BCUT2D eigenvalue weighted by Crippen LogP contribution is -1.93. The van der Waals surface area contributed by atoms with E-state index in [1.165, 1.54) is 0 Å².